The zero-order chi connectivity index (χ0) is 18.6. The molecule has 0 bridgehead atoms. The van der Waals surface area contributed by atoms with Gasteiger partial charge < -0.3 is 4.74 Å². The summed E-state index contributed by atoms with van der Waals surface area (Å²) in [6, 6.07) is 3.41. The number of nitrogens with zero attached hydrogens (tertiary/aromatic N) is 2. The molecule has 1 N–H and O–H groups in total. The van der Waals surface area contributed by atoms with Crippen molar-refractivity contribution in [2.45, 2.75) is 35.9 Å². The van der Waals surface area contributed by atoms with Crippen LogP contribution < -0.4 is 9.46 Å². The first-order chi connectivity index (χ1) is 11.8. The fraction of sp³-hybridized carbons (Fsp3) is 0.375. The van der Waals surface area contributed by atoms with E-state index >= 15 is 0 Å². The molecular formula is C16H21N3O3S3. The van der Waals surface area contributed by atoms with Crippen LogP contribution >= 0.6 is 23.1 Å². The molecule has 136 valence electrons. The van der Waals surface area contributed by atoms with Crippen molar-refractivity contribution in [1.29, 1.82) is 0 Å². The molecule has 9 heteroatoms. The van der Waals surface area contributed by atoms with E-state index in [0.717, 1.165) is 5.56 Å². The summed E-state index contributed by atoms with van der Waals surface area (Å²) in [5, 5.41) is 8.11. The zero-order valence-corrected chi connectivity index (χ0v) is 17.0. The van der Waals surface area contributed by atoms with Gasteiger partial charge in [-0.1, -0.05) is 43.0 Å². The number of ether oxygens (including phenoxy) is 1. The van der Waals surface area contributed by atoms with Gasteiger partial charge in [0, 0.05) is 5.75 Å². The van der Waals surface area contributed by atoms with E-state index in [-0.39, 0.29) is 15.9 Å². The number of rotatable bonds is 8. The lowest BCUT2D eigenvalue weighted by Crippen LogP contribution is -2.15. The Labute approximate surface area is 156 Å². The fourth-order valence-electron chi connectivity index (χ4n) is 2.20. The average molecular weight is 400 g/mol. The van der Waals surface area contributed by atoms with Crippen molar-refractivity contribution >= 4 is 38.3 Å². The van der Waals surface area contributed by atoms with Crippen molar-refractivity contribution in [3.63, 3.8) is 0 Å². The van der Waals surface area contributed by atoms with Crippen LogP contribution in [0.15, 0.2) is 34.0 Å². The summed E-state index contributed by atoms with van der Waals surface area (Å²) in [6.07, 6.45) is 1.75. The molecule has 0 aliphatic rings. The molecule has 1 aromatic heterocycles. The van der Waals surface area contributed by atoms with Crippen LogP contribution in [0.2, 0.25) is 0 Å². The predicted octanol–water partition coefficient (Wildman–Crippen LogP) is 4.06. The molecule has 1 heterocycles. The minimum absolute atomic E-state index is 0.132. The van der Waals surface area contributed by atoms with Gasteiger partial charge >= 0.3 is 0 Å². The molecule has 0 atom stereocenters. The number of hydrogen-bond acceptors (Lipinski definition) is 7. The summed E-state index contributed by atoms with van der Waals surface area (Å²) < 4.78 is 34.1. The third kappa shape index (κ3) is 4.74. The van der Waals surface area contributed by atoms with Crippen molar-refractivity contribution in [3.8, 4) is 5.75 Å². The lowest BCUT2D eigenvalue weighted by Gasteiger charge is -2.16. The molecule has 2 aromatic rings. The standard InChI is InChI=1S/C16H21N3O3S3/c1-6-7-23-16-18-17-15(24-16)19-25(20,21)14-9-12(10(2)3)13(22-5)8-11(14)4/h6,8-10H,1,7H2,2-5H3,(H,17,19). The number of sulfonamides is 1. The number of benzene rings is 1. The Morgan fingerprint density at radius 3 is 2.72 bits per heavy atom. The Hall–Kier alpha value is -1.58. The van der Waals surface area contributed by atoms with Crippen LogP contribution in [-0.4, -0.2) is 31.5 Å². The second-order valence-corrected chi connectivity index (χ2v) is 9.49. The van der Waals surface area contributed by atoms with Gasteiger partial charge in [0.2, 0.25) is 5.13 Å². The molecule has 0 aliphatic heterocycles. The van der Waals surface area contributed by atoms with Crippen molar-refractivity contribution < 1.29 is 13.2 Å². The number of methoxy groups -OCH3 is 1. The maximum absolute atomic E-state index is 12.8. The van der Waals surface area contributed by atoms with Gasteiger partial charge in [0.1, 0.15) is 5.75 Å². The minimum Gasteiger partial charge on any atom is -0.496 e. The average Bonchev–Trinajstić information content (AvgIpc) is 2.98. The highest BCUT2D eigenvalue weighted by atomic mass is 32.2. The Morgan fingerprint density at radius 1 is 1.40 bits per heavy atom. The summed E-state index contributed by atoms with van der Waals surface area (Å²) in [4.78, 5) is 0.215. The van der Waals surface area contributed by atoms with Gasteiger partial charge in [-0.3, -0.25) is 4.72 Å². The quantitative estimate of drug-likeness (QED) is 0.532. The summed E-state index contributed by atoms with van der Waals surface area (Å²) in [5.74, 6) is 1.51. The van der Waals surface area contributed by atoms with E-state index in [2.05, 4.69) is 21.5 Å². The van der Waals surface area contributed by atoms with Gasteiger partial charge in [-0.2, -0.15) is 0 Å². The third-order valence-corrected chi connectivity index (χ3v) is 6.97. The number of aromatic nitrogens is 2. The van der Waals surface area contributed by atoms with Gasteiger partial charge in [-0.05, 0) is 36.1 Å². The molecule has 1 aromatic carbocycles. The maximum atomic E-state index is 12.8. The summed E-state index contributed by atoms with van der Waals surface area (Å²) >= 11 is 2.65. The molecule has 0 fully saturated rings. The van der Waals surface area contributed by atoms with Crippen LogP contribution in [0.4, 0.5) is 5.13 Å². The van der Waals surface area contributed by atoms with Gasteiger partial charge in [-0.25, -0.2) is 8.42 Å². The number of anilines is 1. The van der Waals surface area contributed by atoms with Crippen molar-refractivity contribution in [1.82, 2.24) is 10.2 Å². The highest BCUT2D eigenvalue weighted by molar-refractivity contribution is 8.01. The minimum atomic E-state index is -3.76. The van der Waals surface area contributed by atoms with Crippen LogP contribution in [-0.2, 0) is 10.0 Å². The number of nitrogens with one attached hydrogen (secondary N) is 1. The first-order valence-electron chi connectivity index (χ1n) is 7.57. The largest absolute Gasteiger partial charge is 0.496 e. The molecule has 0 radical (unpaired) electrons. The molecule has 25 heavy (non-hydrogen) atoms. The highest BCUT2D eigenvalue weighted by Gasteiger charge is 2.22. The monoisotopic (exact) mass is 399 g/mol. The fourth-order valence-corrected chi connectivity index (χ4v) is 5.21. The van der Waals surface area contributed by atoms with E-state index in [9.17, 15) is 8.42 Å². The first-order valence-corrected chi connectivity index (χ1v) is 10.9. The molecule has 0 unspecified atom stereocenters. The van der Waals surface area contributed by atoms with Gasteiger partial charge in [0.25, 0.3) is 10.0 Å². The molecule has 0 aliphatic carbocycles. The molecule has 6 nitrogen and oxygen atoms in total. The van der Waals surface area contributed by atoms with Gasteiger partial charge in [0.15, 0.2) is 4.34 Å². The van der Waals surface area contributed by atoms with E-state index in [1.165, 1.54) is 23.1 Å². The second-order valence-electron chi connectivity index (χ2n) is 5.59. The van der Waals surface area contributed by atoms with Crippen molar-refractivity contribution in [3.05, 3.63) is 35.9 Å². The zero-order valence-electron chi connectivity index (χ0n) is 14.6. The van der Waals surface area contributed by atoms with Crippen LogP contribution in [0.5, 0.6) is 5.75 Å². The smallest absolute Gasteiger partial charge is 0.263 e. The van der Waals surface area contributed by atoms with E-state index in [1.54, 1.807) is 32.2 Å². The SMILES string of the molecule is C=CCSc1nnc(NS(=O)(=O)c2cc(C(C)C)c(OC)cc2C)s1. The summed E-state index contributed by atoms with van der Waals surface area (Å²) in [7, 11) is -2.18. The van der Waals surface area contributed by atoms with Gasteiger partial charge in [0.05, 0.1) is 12.0 Å². The van der Waals surface area contributed by atoms with E-state index in [0.29, 0.717) is 21.4 Å². The van der Waals surface area contributed by atoms with Crippen LogP contribution in [0.1, 0.15) is 30.9 Å². The Morgan fingerprint density at radius 2 is 2.12 bits per heavy atom. The first kappa shape index (κ1) is 19.7. The number of thioether (sulfide) groups is 1. The normalized spacial score (nSPS) is 11.6. The summed E-state index contributed by atoms with van der Waals surface area (Å²) in [5.41, 5.74) is 1.45. The lowest BCUT2D eigenvalue weighted by molar-refractivity contribution is 0.406. The topological polar surface area (TPSA) is 81.2 Å². The highest BCUT2D eigenvalue weighted by Crippen LogP contribution is 2.33. The maximum Gasteiger partial charge on any atom is 0.263 e. The molecular weight excluding hydrogens is 378 g/mol. The lowest BCUT2D eigenvalue weighted by atomic mass is 10.0. The van der Waals surface area contributed by atoms with Crippen LogP contribution in [0.3, 0.4) is 0 Å². The molecule has 2 rings (SSSR count). The third-order valence-electron chi connectivity index (χ3n) is 3.39. The second kappa shape index (κ2) is 8.20. The summed E-state index contributed by atoms with van der Waals surface area (Å²) in [6.45, 7) is 9.37. The molecule has 0 spiro atoms. The number of hydrogen-bond donors (Lipinski definition) is 1. The van der Waals surface area contributed by atoms with E-state index < -0.39 is 10.0 Å². The van der Waals surface area contributed by atoms with Crippen molar-refractivity contribution in [2.24, 2.45) is 0 Å². The van der Waals surface area contributed by atoms with Crippen LogP contribution in [0, 0.1) is 6.92 Å². The predicted molar refractivity (Wildman–Crippen MR) is 103 cm³/mol. The Kier molecular flexibility index (Phi) is 6.47. The molecule has 0 saturated carbocycles. The van der Waals surface area contributed by atoms with Crippen LogP contribution in [0.25, 0.3) is 0 Å². The van der Waals surface area contributed by atoms with E-state index in [4.69, 9.17) is 4.74 Å². The molecule has 0 saturated heterocycles. The number of aryl methyl sites for hydroxylation is 1. The molecule has 0 amide bonds. The Bertz CT molecular complexity index is 861. The Balaban J connectivity index is 2.34. The van der Waals surface area contributed by atoms with Crippen molar-refractivity contribution in [2.75, 3.05) is 17.6 Å². The van der Waals surface area contributed by atoms with Gasteiger partial charge in [-0.15, -0.1) is 16.8 Å². The van der Waals surface area contributed by atoms with E-state index in [1.807, 2.05) is 13.8 Å².